The lowest BCUT2D eigenvalue weighted by atomic mass is 10.1. The maximum absolute atomic E-state index is 12.0. The molecule has 3 aromatic rings. The summed E-state index contributed by atoms with van der Waals surface area (Å²) in [5.41, 5.74) is 4.31. The minimum absolute atomic E-state index is 0.294. The van der Waals surface area contributed by atoms with Crippen molar-refractivity contribution in [2.45, 2.75) is 0 Å². The van der Waals surface area contributed by atoms with Crippen LogP contribution in [-0.4, -0.2) is 24.2 Å². The fourth-order valence-corrected chi connectivity index (χ4v) is 2.64. The van der Waals surface area contributed by atoms with Crippen molar-refractivity contribution in [1.29, 1.82) is 0 Å². The lowest BCUT2D eigenvalue weighted by Crippen LogP contribution is -2.17. The van der Waals surface area contributed by atoms with Crippen LogP contribution in [0, 0.1) is 0 Å². The van der Waals surface area contributed by atoms with Crippen molar-refractivity contribution in [1.82, 2.24) is 10.4 Å². The molecule has 0 aliphatic carbocycles. The number of ether oxygens (including phenoxy) is 1. The molecule has 0 aliphatic rings. The molecule has 0 saturated heterocycles. The van der Waals surface area contributed by atoms with Crippen LogP contribution >= 0.6 is 27.5 Å². The molecule has 2 aromatic carbocycles. The number of methoxy groups -OCH3 is 1. The van der Waals surface area contributed by atoms with E-state index in [0.29, 0.717) is 22.0 Å². The molecule has 5 nitrogen and oxygen atoms in total. The smallest absolute Gasteiger partial charge is 0.271 e. The molecule has 1 aromatic heterocycles. The van der Waals surface area contributed by atoms with E-state index in [0.717, 1.165) is 15.4 Å². The molecule has 0 aliphatic heterocycles. The average molecular weight is 419 g/mol. The lowest BCUT2D eigenvalue weighted by molar-refractivity contribution is 0.0955. The van der Waals surface area contributed by atoms with E-state index in [1.165, 1.54) is 6.21 Å². The van der Waals surface area contributed by atoms with Gasteiger partial charge in [0, 0.05) is 27.1 Å². The number of hydrazone groups is 1. The number of hydrogen-bond donors (Lipinski definition) is 1. The molecule has 7 heteroatoms. The average Bonchev–Trinajstić information content (AvgIpc) is 2.62. The van der Waals surface area contributed by atoms with Crippen molar-refractivity contribution in [3.8, 4) is 5.75 Å². The van der Waals surface area contributed by atoms with Crippen LogP contribution in [0.3, 0.4) is 0 Å². The van der Waals surface area contributed by atoms with Crippen LogP contribution in [0.25, 0.3) is 10.9 Å². The number of hydrogen-bond acceptors (Lipinski definition) is 4. The van der Waals surface area contributed by atoms with Gasteiger partial charge < -0.3 is 4.74 Å². The number of pyridine rings is 1. The zero-order valence-electron chi connectivity index (χ0n) is 13.2. The Morgan fingerprint density at radius 2 is 2.00 bits per heavy atom. The summed E-state index contributed by atoms with van der Waals surface area (Å²) >= 11 is 9.51. The van der Waals surface area contributed by atoms with E-state index in [1.807, 2.05) is 18.2 Å². The van der Waals surface area contributed by atoms with Crippen molar-refractivity contribution >= 4 is 50.6 Å². The predicted octanol–water partition coefficient (Wildman–Crippen LogP) is 4.42. The van der Waals surface area contributed by atoms with Gasteiger partial charge >= 0.3 is 0 Å². The van der Waals surface area contributed by atoms with Gasteiger partial charge in [-0.1, -0.05) is 27.5 Å². The highest BCUT2D eigenvalue weighted by molar-refractivity contribution is 9.10. The van der Waals surface area contributed by atoms with Crippen LogP contribution in [0.4, 0.5) is 0 Å². The molecule has 0 bridgehead atoms. The van der Waals surface area contributed by atoms with Gasteiger partial charge in [-0.25, -0.2) is 10.4 Å². The summed E-state index contributed by atoms with van der Waals surface area (Å²) < 4.78 is 6.07. The number of benzene rings is 2. The van der Waals surface area contributed by atoms with Crippen LogP contribution in [-0.2, 0) is 0 Å². The summed E-state index contributed by atoms with van der Waals surface area (Å²) in [5.74, 6) is 0.401. The van der Waals surface area contributed by atoms with E-state index in [1.54, 1.807) is 37.4 Å². The van der Waals surface area contributed by atoms with Gasteiger partial charge in [-0.05, 0) is 42.5 Å². The molecule has 1 heterocycles. The molecular formula is C18H13BrClN3O2. The largest absolute Gasteiger partial charge is 0.497 e. The van der Waals surface area contributed by atoms with Crippen LogP contribution in [0.2, 0.25) is 5.15 Å². The quantitative estimate of drug-likeness (QED) is 0.387. The highest BCUT2D eigenvalue weighted by Crippen LogP contribution is 2.23. The molecule has 0 spiro atoms. The fourth-order valence-electron chi connectivity index (χ4n) is 2.18. The van der Waals surface area contributed by atoms with Gasteiger partial charge in [0.15, 0.2) is 0 Å². The van der Waals surface area contributed by atoms with Gasteiger partial charge in [0.1, 0.15) is 10.9 Å². The molecule has 126 valence electrons. The van der Waals surface area contributed by atoms with Crippen LogP contribution < -0.4 is 10.2 Å². The summed E-state index contributed by atoms with van der Waals surface area (Å²) in [4.78, 5) is 16.3. The van der Waals surface area contributed by atoms with Crippen molar-refractivity contribution < 1.29 is 9.53 Å². The van der Waals surface area contributed by atoms with Gasteiger partial charge in [-0.2, -0.15) is 5.10 Å². The molecule has 1 N–H and O–H groups in total. The number of amides is 1. The van der Waals surface area contributed by atoms with E-state index in [4.69, 9.17) is 16.3 Å². The van der Waals surface area contributed by atoms with Crippen molar-refractivity contribution in [3.63, 3.8) is 0 Å². The van der Waals surface area contributed by atoms with E-state index in [9.17, 15) is 4.79 Å². The number of nitrogens with zero attached hydrogens (tertiary/aromatic N) is 2. The highest BCUT2D eigenvalue weighted by atomic mass is 79.9. The van der Waals surface area contributed by atoms with E-state index in [-0.39, 0.29) is 5.91 Å². The second-order valence-corrected chi connectivity index (χ2v) is 6.41. The Bertz CT molecular complexity index is 958. The highest BCUT2D eigenvalue weighted by Gasteiger charge is 2.06. The minimum Gasteiger partial charge on any atom is -0.497 e. The molecule has 0 saturated carbocycles. The second kappa shape index (κ2) is 7.63. The molecule has 0 radical (unpaired) electrons. The second-order valence-electron chi connectivity index (χ2n) is 5.13. The summed E-state index contributed by atoms with van der Waals surface area (Å²) in [6.45, 7) is 0. The number of fused-ring (bicyclic) bond motifs is 1. The number of halogens is 2. The zero-order valence-corrected chi connectivity index (χ0v) is 15.5. The fraction of sp³-hybridized carbons (Fsp3) is 0.0556. The van der Waals surface area contributed by atoms with E-state index >= 15 is 0 Å². The number of carbonyl (C=O) groups is 1. The Balaban J connectivity index is 1.77. The van der Waals surface area contributed by atoms with E-state index < -0.39 is 0 Å². The van der Waals surface area contributed by atoms with Gasteiger partial charge in [0.25, 0.3) is 5.91 Å². The lowest BCUT2D eigenvalue weighted by Gasteiger charge is -2.05. The van der Waals surface area contributed by atoms with Crippen molar-refractivity contribution in [3.05, 3.63) is 69.3 Å². The van der Waals surface area contributed by atoms with Crippen molar-refractivity contribution in [2.75, 3.05) is 7.11 Å². The predicted molar refractivity (Wildman–Crippen MR) is 103 cm³/mol. The standard InChI is InChI=1S/C18H13BrClN3O2/c1-25-15-7-4-12-8-13(17(20)22-16(12)9-15)10-21-23-18(24)11-2-5-14(19)6-3-11/h2-10H,1H3,(H,23,24)/b21-10-. The Labute approximate surface area is 157 Å². The Morgan fingerprint density at radius 1 is 1.24 bits per heavy atom. The molecule has 25 heavy (non-hydrogen) atoms. The first-order valence-electron chi connectivity index (χ1n) is 7.30. The van der Waals surface area contributed by atoms with Crippen LogP contribution in [0.1, 0.15) is 15.9 Å². The molecule has 0 atom stereocenters. The molecule has 1 amide bonds. The summed E-state index contributed by atoms with van der Waals surface area (Å²) in [6.07, 6.45) is 1.47. The molecule has 0 fully saturated rings. The Hall–Kier alpha value is -2.44. The third-order valence-electron chi connectivity index (χ3n) is 3.48. The van der Waals surface area contributed by atoms with Crippen LogP contribution in [0.5, 0.6) is 5.75 Å². The normalized spacial score (nSPS) is 11.0. The first-order chi connectivity index (χ1) is 12.1. The first-order valence-corrected chi connectivity index (χ1v) is 8.47. The topological polar surface area (TPSA) is 63.6 Å². The minimum atomic E-state index is -0.307. The first kappa shape index (κ1) is 17.4. The maximum atomic E-state index is 12.0. The Kier molecular flexibility index (Phi) is 5.31. The van der Waals surface area contributed by atoms with E-state index in [2.05, 4.69) is 31.4 Å². The summed E-state index contributed by atoms with van der Waals surface area (Å²) in [5, 5.41) is 5.14. The number of carbonyl (C=O) groups excluding carboxylic acids is 1. The van der Waals surface area contributed by atoms with Gasteiger partial charge in [-0.15, -0.1) is 0 Å². The molecule has 3 rings (SSSR count). The molecular weight excluding hydrogens is 406 g/mol. The number of nitrogens with one attached hydrogen (secondary N) is 1. The van der Waals surface area contributed by atoms with Gasteiger partial charge in [-0.3, -0.25) is 4.79 Å². The summed E-state index contributed by atoms with van der Waals surface area (Å²) in [7, 11) is 1.60. The summed E-state index contributed by atoms with van der Waals surface area (Å²) in [6, 6.07) is 14.4. The monoisotopic (exact) mass is 417 g/mol. The third-order valence-corrected chi connectivity index (χ3v) is 4.31. The Morgan fingerprint density at radius 3 is 2.72 bits per heavy atom. The zero-order chi connectivity index (χ0) is 17.8. The third kappa shape index (κ3) is 4.15. The van der Waals surface area contributed by atoms with Gasteiger partial charge in [0.2, 0.25) is 0 Å². The maximum Gasteiger partial charge on any atom is 0.271 e. The number of rotatable bonds is 4. The number of aromatic nitrogens is 1. The van der Waals surface area contributed by atoms with Crippen LogP contribution in [0.15, 0.2) is 58.1 Å². The van der Waals surface area contributed by atoms with Gasteiger partial charge in [0.05, 0.1) is 18.8 Å². The van der Waals surface area contributed by atoms with Crippen molar-refractivity contribution in [2.24, 2.45) is 5.10 Å². The SMILES string of the molecule is COc1ccc2cc(/C=N\NC(=O)c3ccc(Br)cc3)c(Cl)nc2c1. The molecule has 0 unspecified atom stereocenters.